The van der Waals surface area contributed by atoms with Crippen molar-refractivity contribution in [3.8, 4) is 0 Å². The first-order chi connectivity index (χ1) is 9.61. The molecule has 4 heteroatoms. The van der Waals surface area contributed by atoms with E-state index in [1.165, 1.54) is 0 Å². The van der Waals surface area contributed by atoms with Crippen LogP contribution in [0.1, 0.15) is 15.9 Å². The monoisotopic (exact) mass is 332 g/mol. The summed E-state index contributed by atoms with van der Waals surface area (Å²) in [7, 11) is 3.91. The van der Waals surface area contributed by atoms with Gasteiger partial charge in [-0.05, 0) is 29.8 Å². The summed E-state index contributed by atoms with van der Waals surface area (Å²) in [5.41, 5.74) is 3.56. The highest BCUT2D eigenvalue weighted by Gasteiger charge is 2.09. The largest absolute Gasteiger partial charge is 0.378 e. The predicted molar refractivity (Wildman–Crippen MR) is 87.8 cm³/mol. The first kappa shape index (κ1) is 14.6. The van der Waals surface area contributed by atoms with E-state index in [4.69, 9.17) is 0 Å². The SMILES string of the molecule is CN(C)c1cccc(C(=O)Nc2ccccc2CBr)c1. The van der Waals surface area contributed by atoms with Gasteiger partial charge in [-0.1, -0.05) is 40.2 Å². The highest BCUT2D eigenvalue weighted by molar-refractivity contribution is 9.08. The number of carbonyl (C=O) groups excluding carboxylic acids is 1. The van der Waals surface area contributed by atoms with E-state index in [1.807, 2.05) is 67.5 Å². The molecule has 0 aliphatic rings. The molecule has 1 amide bonds. The fourth-order valence-corrected chi connectivity index (χ4v) is 2.37. The molecule has 104 valence electrons. The summed E-state index contributed by atoms with van der Waals surface area (Å²) in [6, 6.07) is 15.3. The molecule has 1 N–H and O–H groups in total. The zero-order valence-corrected chi connectivity index (χ0v) is 13.1. The lowest BCUT2D eigenvalue weighted by Gasteiger charge is -2.14. The van der Waals surface area contributed by atoms with Crippen molar-refractivity contribution >= 4 is 33.2 Å². The Morgan fingerprint density at radius 3 is 2.60 bits per heavy atom. The number of halogens is 1. The molecule has 0 radical (unpaired) electrons. The van der Waals surface area contributed by atoms with Gasteiger partial charge >= 0.3 is 0 Å². The quantitative estimate of drug-likeness (QED) is 0.861. The minimum Gasteiger partial charge on any atom is -0.378 e. The second-order valence-electron chi connectivity index (χ2n) is 4.69. The summed E-state index contributed by atoms with van der Waals surface area (Å²) in [6.07, 6.45) is 0. The van der Waals surface area contributed by atoms with Crippen LogP contribution in [0.2, 0.25) is 0 Å². The van der Waals surface area contributed by atoms with Gasteiger partial charge in [0.25, 0.3) is 5.91 Å². The molecule has 2 rings (SSSR count). The fourth-order valence-electron chi connectivity index (χ4n) is 1.88. The van der Waals surface area contributed by atoms with E-state index in [1.54, 1.807) is 0 Å². The van der Waals surface area contributed by atoms with Gasteiger partial charge in [-0.15, -0.1) is 0 Å². The summed E-state index contributed by atoms with van der Waals surface area (Å²) >= 11 is 3.43. The summed E-state index contributed by atoms with van der Waals surface area (Å²) in [5, 5.41) is 3.67. The number of hydrogen-bond acceptors (Lipinski definition) is 2. The Morgan fingerprint density at radius 2 is 1.90 bits per heavy atom. The molecule has 3 nitrogen and oxygen atoms in total. The van der Waals surface area contributed by atoms with E-state index in [2.05, 4.69) is 21.2 Å². The standard InChI is InChI=1S/C16H17BrN2O/c1-19(2)14-8-5-7-12(10-14)16(20)18-15-9-4-3-6-13(15)11-17/h3-10H,11H2,1-2H3,(H,18,20). The molecule has 2 aromatic rings. The van der Waals surface area contributed by atoms with E-state index in [0.29, 0.717) is 10.9 Å². The Labute approximate surface area is 127 Å². The molecule has 20 heavy (non-hydrogen) atoms. The third-order valence-electron chi connectivity index (χ3n) is 3.03. The molecule has 0 fully saturated rings. The van der Waals surface area contributed by atoms with Gasteiger partial charge in [-0.3, -0.25) is 4.79 Å². The average Bonchev–Trinajstić information content (AvgIpc) is 2.48. The molecular weight excluding hydrogens is 316 g/mol. The number of para-hydroxylation sites is 1. The number of nitrogens with one attached hydrogen (secondary N) is 1. The van der Waals surface area contributed by atoms with Crippen molar-refractivity contribution in [2.45, 2.75) is 5.33 Å². The first-order valence-corrected chi connectivity index (χ1v) is 7.46. The van der Waals surface area contributed by atoms with Crippen LogP contribution in [-0.2, 0) is 5.33 Å². The molecule has 0 aliphatic carbocycles. The van der Waals surface area contributed by atoms with E-state index in [9.17, 15) is 4.79 Å². The van der Waals surface area contributed by atoms with Gasteiger partial charge in [0.1, 0.15) is 0 Å². The smallest absolute Gasteiger partial charge is 0.255 e. The van der Waals surface area contributed by atoms with Crippen molar-refractivity contribution < 1.29 is 4.79 Å². The maximum atomic E-state index is 12.3. The lowest BCUT2D eigenvalue weighted by molar-refractivity contribution is 0.102. The van der Waals surface area contributed by atoms with Gasteiger partial charge in [-0.25, -0.2) is 0 Å². The van der Waals surface area contributed by atoms with Gasteiger partial charge in [0.05, 0.1) is 0 Å². The predicted octanol–water partition coefficient (Wildman–Crippen LogP) is 3.90. The minimum absolute atomic E-state index is 0.0953. The number of anilines is 2. The lowest BCUT2D eigenvalue weighted by Crippen LogP contribution is -2.15. The molecular formula is C16H17BrN2O. The van der Waals surface area contributed by atoms with Crippen LogP contribution < -0.4 is 10.2 Å². The second-order valence-corrected chi connectivity index (χ2v) is 5.25. The Bertz CT molecular complexity index is 611. The number of alkyl halides is 1. The second kappa shape index (κ2) is 6.57. The van der Waals surface area contributed by atoms with E-state index >= 15 is 0 Å². The summed E-state index contributed by atoms with van der Waals surface area (Å²) in [5.74, 6) is -0.0953. The first-order valence-electron chi connectivity index (χ1n) is 6.34. The van der Waals surface area contributed by atoms with Crippen molar-refractivity contribution in [2.24, 2.45) is 0 Å². The average molecular weight is 333 g/mol. The van der Waals surface area contributed by atoms with E-state index < -0.39 is 0 Å². The fraction of sp³-hybridized carbons (Fsp3) is 0.188. The zero-order chi connectivity index (χ0) is 14.5. The van der Waals surface area contributed by atoms with Gasteiger partial charge in [0.15, 0.2) is 0 Å². The van der Waals surface area contributed by atoms with Crippen molar-refractivity contribution in [2.75, 3.05) is 24.3 Å². The van der Waals surface area contributed by atoms with Gasteiger partial charge < -0.3 is 10.2 Å². The molecule has 0 bridgehead atoms. The van der Waals surface area contributed by atoms with Crippen LogP contribution in [0.15, 0.2) is 48.5 Å². The van der Waals surface area contributed by atoms with Crippen LogP contribution in [0.5, 0.6) is 0 Å². The zero-order valence-electron chi connectivity index (χ0n) is 11.6. The van der Waals surface area contributed by atoms with Gasteiger partial charge in [0.2, 0.25) is 0 Å². The lowest BCUT2D eigenvalue weighted by atomic mass is 10.1. The number of amides is 1. The van der Waals surface area contributed by atoms with Crippen molar-refractivity contribution in [1.82, 2.24) is 0 Å². The molecule has 0 atom stereocenters. The maximum Gasteiger partial charge on any atom is 0.255 e. The van der Waals surface area contributed by atoms with Gasteiger partial charge in [0, 0.05) is 36.4 Å². The van der Waals surface area contributed by atoms with Crippen LogP contribution in [0.3, 0.4) is 0 Å². The number of carbonyl (C=O) groups is 1. The van der Waals surface area contributed by atoms with Crippen molar-refractivity contribution in [3.05, 3.63) is 59.7 Å². The van der Waals surface area contributed by atoms with Crippen LogP contribution in [0.4, 0.5) is 11.4 Å². The van der Waals surface area contributed by atoms with Crippen LogP contribution in [-0.4, -0.2) is 20.0 Å². The van der Waals surface area contributed by atoms with Crippen molar-refractivity contribution in [1.29, 1.82) is 0 Å². The third-order valence-corrected chi connectivity index (χ3v) is 3.64. The molecule has 0 aromatic heterocycles. The Kier molecular flexibility index (Phi) is 4.79. The van der Waals surface area contributed by atoms with Crippen LogP contribution in [0.25, 0.3) is 0 Å². The number of nitrogens with zero attached hydrogens (tertiary/aromatic N) is 1. The minimum atomic E-state index is -0.0953. The number of rotatable bonds is 4. The molecule has 2 aromatic carbocycles. The van der Waals surface area contributed by atoms with E-state index in [-0.39, 0.29) is 5.91 Å². The Balaban J connectivity index is 2.22. The third kappa shape index (κ3) is 3.39. The summed E-state index contributed by atoms with van der Waals surface area (Å²) in [4.78, 5) is 14.3. The molecule has 0 saturated carbocycles. The molecule has 0 unspecified atom stereocenters. The highest BCUT2D eigenvalue weighted by Crippen LogP contribution is 2.20. The Morgan fingerprint density at radius 1 is 1.15 bits per heavy atom. The summed E-state index contributed by atoms with van der Waals surface area (Å²) in [6.45, 7) is 0. The highest BCUT2D eigenvalue weighted by atomic mass is 79.9. The molecule has 0 aliphatic heterocycles. The van der Waals surface area contributed by atoms with E-state index in [0.717, 1.165) is 16.9 Å². The normalized spacial score (nSPS) is 10.2. The number of benzene rings is 2. The Hall–Kier alpha value is -1.81. The topological polar surface area (TPSA) is 32.3 Å². The van der Waals surface area contributed by atoms with Gasteiger partial charge in [-0.2, -0.15) is 0 Å². The maximum absolute atomic E-state index is 12.3. The molecule has 0 saturated heterocycles. The van der Waals surface area contributed by atoms with Crippen LogP contribution in [0, 0.1) is 0 Å². The number of hydrogen-bond donors (Lipinski definition) is 1. The molecule has 0 spiro atoms. The van der Waals surface area contributed by atoms with Crippen LogP contribution >= 0.6 is 15.9 Å². The molecule has 0 heterocycles. The summed E-state index contributed by atoms with van der Waals surface area (Å²) < 4.78 is 0. The van der Waals surface area contributed by atoms with Crippen molar-refractivity contribution in [3.63, 3.8) is 0 Å².